The van der Waals surface area contributed by atoms with Crippen molar-refractivity contribution in [1.29, 1.82) is 0 Å². The number of aromatic nitrogens is 4. The lowest BCUT2D eigenvalue weighted by atomic mass is 9.91. The van der Waals surface area contributed by atoms with Crippen LogP contribution in [0.1, 0.15) is 30.8 Å². The van der Waals surface area contributed by atoms with Gasteiger partial charge in [0.25, 0.3) is 5.95 Å². The third-order valence-electron chi connectivity index (χ3n) is 5.00. The molecule has 0 aliphatic heterocycles. The van der Waals surface area contributed by atoms with E-state index in [4.69, 9.17) is 27.4 Å². The third kappa shape index (κ3) is 5.11. The first-order chi connectivity index (χ1) is 15.0. The van der Waals surface area contributed by atoms with E-state index in [1.807, 2.05) is 43.9 Å². The lowest BCUT2D eigenvalue weighted by Gasteiger charge is -2.16. The standard InChI is InChI=1S/C23H28ClN7/c1-5-8-15(17(24)6-2)13-19-21-18(30-31(19)4)10-9-16-14-27-23(29-22(16)21)28-20(25)11-12-26-7-3/h5-6,8,11-12,14,26H,1,7,9-10,13H2,2-4H3,(H2,25,27,28,29)/b12-11-,15-8-,17-6+. The average Bonchev–Trinajstić information content (AvgIpc) is 3.08. The Bertz CT molecular complexity index is 1090. The van der Waals surface area contributed by atoms with E-state index in [9.17, 15) is 0 Å². The molecule has 0 unspecified atom stereocenters. The second-order valence-corrected chi connectivity index (χ2v) is 7.51. The van der Waals surface area contributed by atoms with Gasteiger partial charge in [0.05, 0.1) is 17.1 Å². The van der Waals surface area contributed by atoms with Gasteiger partial charge in [-0.2, -0.15) is 10.1 Å². The van der Waals surface area contributed by atoms with E-state index >= 15 is 0 Å². The molecule has 3 N–H and O–H groups in total. The van der Waals surface area contributed by atoms with Crippen LogP contribution in [0.25, 0.3) is 11.3 Å². The van der Waals surface area contributed by atoms with E-state index in [2.05, 4.69) is 21.9 Å². The number of fused-ring (bicyclic) bond motifs is 3. The van der Waals surface area contributed by atoms with Gasteiger partial charge < -0.3 is 11.1 Å². The van der Waals surface area contributed by atoms with E-state index < -0.39 is 0 Å². The summed E-state index contributed by atoms with van der Waals surface area (Å²) in [6.45, 7) is 8.55. The summed E-state index contributed by atoms with van der Waals surface area (Å²) < 4.78 is 1.91. The Balaban J connectivity index is 2.04. The van der Waals surface area contributed by atoms with Crippen LogP contribution >= 0.6 is 11.6 Å². The Hall–Kier alpha value is -3.19. The molecule has 2 heterocycles. The van der Waals surface area contributed by atoms with Gasteiger partial charge in [-0.05, 0) is 43.9 Å². The number of halogens is 1. The van der Waals surface area contributed by atoms with Crippen molar-refractivity contribution in [3.8, 4) is 11.3 Å². The molecule has 0 aromatic carbocycles. The number of hydrogen-bond acceptors (Lipinski definition) is 5. The van der Waals surface area contributed by atoms with Crippen LogP contribution in [0.5, 0.6) is 0 Å². The number of nitrogens with two attached hydrogens (primary N) is 1. The minimum atomic E-state index is 0.327. The van der Waals surface area contributed by atoms with Gasteiger partial charge >= 0.3 is 0 Å². The summed E-state index contributed by atoms with van der Waals surface area (Å²) in [5.41, 5.74) is 12.0. The van der Waals surface area contributed by atoms with Crippen molar-refractivity contribution in [3.05, 3.63) is 70.8 Å². The maximum atomic E-state index is 6.44. The fourth-order valence-electron chi connectivity index (χ4n) is 3.52. The molecule has 7 nitrogen and oxygen atoms in total. The van der Waals surface area contributed by atoms with Gasteiger partial charge in [-0.1, -0.05) is 36.4 Å². The molecule has 0 saturated heterocycles. The van der Waals surface area contributed by atoms with E-state index in [0.29, 0.717) is 23.2 Å². The molecule has 1 aliphatic rings. The zero-order valence-electron chi connectivity index (χ0n) is 18.2. The lowest BCUT2D eigenvalue weighted by molar-refractivity contribution is 0.705. The van der Waals surface area contributed by atoms with Crippen LogP contribution in [-0.4, -0.2) is 32.1 Å². The summed E-state index contributed by atoms with van der Waals surface area (Å²) in [6, 6.07) is 0. The molecule has 2 aromatic heterocycles. The van der Waals surface area contributed by atoms with Crippen LogP contribution in [0.3, 0.4) is 0 Å². The summed E-state index contributed by atoms with van der Waals surface area (Å²) in [6.07, 6.45) is 13.1. The van der Waals surface area contributed by atoms with Crippen molar-refractivity contribution < 1.29 is 0 Å². The molecular weight excluding hydrogens is 410 g/mol. The molecule has 8 heteroatoms. The summed E-state index contributed by atoms with van der Waals surface area (Å²) in [7, 11) is 1.95. The predicted octanol–water partition coefficient (Wildman–Crippen LogP) is 3.89. The van der Waals surface area contributed by atoms with Crippen LogP contribution in [0, 0.1) is 0 Å². The van der Waals surface area contributed by atoms with Crippen molar-refractivity contribution >= 4 is 23.4 Å². The predicted molar refractivity (Wildman–Crippen MR) is 127 cm³/mol. The summed E-state index contributed by atoms with van der Waals surface area (Å²) in [5, 5.41) is 8.50. The molecule has 0 fully saturated rings. The van der Waals surface area contributed by atoms with E-state index in [1.165, 1.54) is 0 Å². The molecule has 0 spiro atoms. The van der Waals surface area contributed by atoms with Crippen molar-refractivity contribution in [3.63, 3.8) is 0 Å². The number of hydrogen-bond donors (Lipinski definition) is 2. The summed E-state index contributed by atoms with van der Waals surface area (Å²) >= 11 is 6.44. The normalized spacial score (nSPS) is 14.5. The first kappa shape index (κ1) is 22.5. The average molecular weight is 438 g/mol. The molecule has 1 aliphatic carbocycles. The number of aryl methyl sites for hydroxylation is 3. The van der Waals surface area contributed by atoms with E-state index in [0.717, 1.165) is 53.2 Å². The number of amidine groups is 1. The fourth-order valence-corrected chi connectivity index (χ4v) is 3.65. The van der Waals surface area contributed by atoms with Crippen molar-refractivity contribution in [2.24, 2.45) is 17.8 Å². The molecule has 3 rings (SSSR count). The van der Waals surface area contributed by atoms with Gasteiger partial charge in [0, 0.05) is 43.0 Å². The largest absolute Gasteiger partial charge is 0.391 e. The first-order valence-corrected chi connectivity index (χ1v) is 10.6. The SMILES string of the molecule is C=C/C=C(Cc1c2c(nn1C)CCc1cnc(/N=C(N)\C=C/NCC)nc1-2)\C(Cl)=C/C. The van der Waals surface area contributed by atoms with Crippen molar-refractivity contribution in [2.45, 2.75) is 33.1 Å². The molecule has 0 bridgehead atoms. The van der Waals surface area contributed by atoms with Crippen LogP contribution in [0.15, 0.2) is 58.9 Å². The highest BCUT2D eigenvalue weighted by molar-refractivity contribution is 6.32. The lowest BCUT2D eigenvalue weighted by Crippen LogP contribution is -2.11. The monoisotopic (exact) mass is 437 g/mol. The Morgan fingerprint density at radius 1 is 1.42 bits per heavy atom. The number of rotatable bonds is 8. The van der Waals surface area contributed by atoms with E-state index in [-0.39, 0.29) is 0 Å². The maximum Gasteiger partial charge on any atom is 0.251 e. The van der Waals surface area contributed by atoms with Gasteiger partial charge in [-0.25, -0.2) is 9.97 Å². The van der Waals surface area contributed by atoms with Gasteiger partial charge in [0.1, 0.15) is 5.84 Å². The Morgan fingerprint density at radius 3 is 2.94 bits per heavy atom. The highest BCUT2D eigenvalue weighted by atomic mass is 35.5. The zero-order chi connectivity index (χ0) is 22.4. The highest BCUT2D eigenvalue weighted by Crippen LogP contribution is 2.36. The van der Waals surface area contributed by atoms with Gasteiger partial charge in [-0.15, -0.1) is 0 Å². The number of nitrogens with zero attached hydrogens (tertiary/aromatic N) is 5. The molecule has 0 atom stereocenters. The van der Waals surface area contributed by atoms with Crippen LogP contribution in [-0.2, 0) is 26.3 Å². The topological polar surface area (TPSA) is 94.0 Å². The highest BCUT2D eigenvalue weighted by Gasteiger charge is 2.26. The Morgan fingerprint density at radius 2 is 2.23 bits per heavy atom. The van der Waals surface area contributed by atoms with Crippen molar-refractivity contribution in [1.82, 2.24) is 25.1 Å². The quantitative estimate of drug-likeness (QED) is 0.371. The van der Waals surface area contributed by atoms with Gasteiger partial charge in [0.15, 0.2) is 0 Å². The summed E-state index contributed by atoms with van der Waals surface area (Å²) in [4.78, 5) is 13.5. The van der Waals surface area contributed by atoms with Crippen LogP contribution in [0.2, 0.25) is 0 Å². The Labute approximate surface area is 188 Å². The smallest absolute Gasteiger partial charge is 0.251 e. The third-order valence-corrected chi connectivity index (χ3v) is 5.46. The fraction of sp³-hybridized carbons (Fsp3) is 0.304. The minimum absolute atomic E-state index is 0.327. The first-order valence-electron chi connectivity index (χ1n) is 10.3. The number of nitrogens with one attached hydrogen (secondary N) is 1. The molecule has 0 saturated carbocycles. The molecule has 0 amide bonds. The van der Waals surface area contributed by atoms with Crippen LogP contribution in [0.4, 0.5) is 5.95 Å². The summed E-state index contributed by atoms with van der Waals surface area (Å²) in [5.74, 6) is 0.660. The number of aliphatic imine (C=N–C) groups is 1. The molecule has 2 aromatic rings. The molecular formula is C23H28ClN7. The minimum Gasteiger partial charge on any atom is -0.391 e. The van der Waals surface area contributed by atoms with Gasteiger partial charge in [0.2, 0.25) is 0 Å². The van der Waals surface area contributed by atoms with E-state index in [1.54, 1.807) is 18.4 Å². The van der Waals surface area contributed by atoms with Crippen molar-refractivity contribution in [2.75, 3.05) is 6.54 Å². The molecule has 31 heavy (non-hydrogen) atoms. The molecule has 0 radical (unpaired) electrons. The van der Waals surface area contributed by atoms with Gasteiger partial charge in [-0.3, -0.25) is 4.68 Å². The Kier molecular flexibility index (Phi) is 7.41. The second kappa shape index (κ2) is 10.2. The second-order valence-electron chi connectivity index (χ2n) is 7.10. The zero-order valence-corrected chi connectivity index (χ0v) is 18.9. The van der Waals surface area contributed by atoms with Crippen LogP contribution < -0.4 is 11.1 Å². The number of allylic oxidation sites excluding steroid dienone is 5. The molecule has 162 valence electrons. The maximum absolute atomic E-state index is 6.44.